The number of anilines is 1. The van der Waals surface area contributed by atoms with Gasteiger partial charge in [-0.05, 0) is 55.3 Å². The highest BCUT2D eigenvalue weighted by atomic mass is 35.5. The molecule has 0 aliphatic heterocycles. The van der Waals surface area contributed by atoms with Crippen LogP contribution in [0, 0.1) is 13.8 Å². The van der Waals surface area contributed by atoms with E-state index in [0.29, 0.717) is 22.0 Å². The second kappa shape index (κ2) is 6.36. The first-order valence-corrected chi connectivity index (χ1v) is 8.61. The standard InChI is InChI=1S/C15H15Cl2NO3S/c1-9-7-15(10(2)6-14(9)21-3)22(19,20)18-11-4-5-12(16)13(17)8-11/h4-8,18H,1-3H3. The molecule has 2 aromatic carbocycles. The van der Waals surface area contributed by atoms with E-state index in [2.05, 4.69) is 4.72 Å². The summed E-state index contributed by atoms with van der Waals surface area (Å²) in [7, 11) is -2.18. The number of aryl methyl sites for hydroxylation is 2. The molecule has 2 rings (SSSR count). The van der Waals surface area contributed by atoms with Crippen LogP contribution in [-0.4, -0.2) is 15.5 Å². The lowest BCUT2D eigenvalue weighted by molar-refractivity contribution is 0.411. The van der Waals surface area contributed by atoms with Gasteiger partial charge in [0, 0.05) is 0 Å². The number of ether oxygens (including phenoxy) is 1. The SMILES string of the molecule is COc1cc(C)c(S(=O)(=O)Nc2ccc(Cl)c(Cl)c2)cc1C. The van der Waals surface area contributed by atoms with Gasteiger partial charge >= 0.3 is 0 Å². The van der Waals surface area contributed by atoms with E-state index in [1.54, 1.807) is 39.2 Å². The Kier molecular flexibility index (Phi) is 4.90. The van der Waals surface area contributed by atoms with Crippen molar-refractivity contribution in [3.63, 3.8) is 0 Å². The van der Waals surface area contributed by atoms with Crippen molar-refractivity contribution in [2.24, 2.45) is 0 Å². The van der Waals surface area contributed by atoms with E-state index in [0.717, 1.165) is 5.56 Å². The third-order valence-corrected chi connectivity index (χ3v) is 5.42. The van der Waals surface area contributed by atoms with Crippen molar-refractivity contribution in [1.82, 2.24) is 0 Å². The van der Waals surface area contributed by atoms with Crippen molar-refractivity contribution in [2.75, 3.05) is 11.8 Å². The molecule has 0 heterocycles. The predicted molar refractivity (Wildman–Crippen MR) is 89.7 cm³/mol. The van der Waals surface area contributed by atoms with Gasteiger partial charge in [-0.25, -0.2) is 8.42 Å². The summed E-state index contributed by atoms with van der Waals surface area (Å²) in [6.07, 6.45) is 0. The summed E-state index contributed by atoms with van der Waals surface area (Å²) in [5.41, 5.74) is 1.68. The first-order chi connectivity index (χ1) is 10.2. The molecule has 0 aliphatic rings. The van der Waals surface area contributed by atoms with E-state index in [1.165, 1.54) is 12.1 Å². The molecule has 0 aliphatic carbocycles. The minimum atomic E-state index is -3.73. The number of nitrogens with one attached hydrogen (secondary N) is 1. The van der Waals surface area contributed by atoms with Gasteiger partial charge in [0.25, 0.3) is 10.0 Å². The number of sulfonamides is 1. The molecule has 0 spiro atoms. The molecule has 0 fully saturated rings. The molecule has 4 nitrogen and oxygen atoms in total. The van der Waals surface area contributed by atoms with E-state index in [-0.39, 0.29) is 9.92 Å². The Labute approximate surface area is 140 Å². The van der Waals surface area contributed by atoms with Crippen LogP contribution in [0.1, 0.15) is 11.1 Å². The van der Waals surface area contributed by atoms with Gasteiger partial charge in [-0.2, -0.15) is 0 Å². The van der Waals surface area contributed by atoms with E-state index >= 15 is 0 Å². The van der Waals surface area contributed by atoms with Crippen LogP contribution in [0.4, 0.5) is 5.69 Å². The second-order valence-electron chi connectivity index (χ2n) is 4.82. The Morgan fingerprint density at radius 2 is 1.68 bits per heavy atom. The maximum atomic E-state index is 12.5. The maximum Gasteiger partial charge on any atom is 0.262 e. The highest BCUT2D eigenvalue weighted by molar-refractivity contribution is 7.92. The fourth-order valence-electron chi connectivity index (χ4n) is 2.04. The van der Waals surface area contributed by atoms with Gasteiger partial charge in [0.1, 0.15) is 5.75 Å². The van der Waals surface area contributed by atoms with Crippen molar-refractivity contribution in [3.8, 4) is 5.75 Å². The third-order valence-electron chi connectivity index (χ3n) is 3.15. The molecule has 7 heteroatoms. The van der Waals surface area contributed by atoms with Gasteiger partial charge in [0.2, 0.25) is 0 Å². The van der Waals surface area contributed by atoms with E-state index in [1.807, 2.05) is 0 Å². The molecule has 22 heavy (non-hydrogen) atoms. The molecule has 1 N–H and O–H groups in total. The van der Waals surface area contributed by atoms with E-state index in [4.69, 9.17) is 27.9 Å². The highest BCUT2D eigenvalue weighted by Crippen LogP contribution is 2.29. The Bertz CT molecular complexity index is 820. The molecule has 0 saturated heterocycles. The van der Waals surface area contributed by atoms with Crippen LogP contribution in [0.5, 0.6) is 5.75 Å². The second-order valence-corrected chi connectivity index (χ2v) is 7.29. The summed E-state index contributed by atoms with van der Waals surface area (Å²) in [5.74, 6) is 0.644. The van der Waals surface area contributed by atoms with Crippen molar-refractivity contribution >= 4 is 38.9 Å². The summed E-state index contributed by atoms with van der Waals surface area (Å²) in [5, 5.41) is 0.644. The smallest absolute Gasteiger partial charge is 0.262 e. The molecule has 0 aromatic heterocycles. The zero-order valence-corrected chi connectivity index (χ0v) is 14.6. The Hall–Kier alpha value is -1.43. The topological polar surface area (TPSA) is 55.4 Å². The lowest BCUT2D eigenvalue weighted by Crippen LogP contribution is -2.14. The normalized spacial score (nSPS) is 11.3. The number of hydrogen-bond acceptors (Lipinski definition) is 3. The number of methoxy groups -OCH3 is 1. The fraction of sp³-hybridized carbons (Fsp3) is 0.200. The molecule has 0 saturated carbocycles. The number of rotatable bonds is 4. The largest absolute Gasteiger partial charge is 0.496 e. The zero-order chi connectivity index (χ0) is 16.5. The number of benzene rings is 2. The van der Waals surface area contributed by atoms with Gasteiger partial charge < -0.3 is 4.74 Å². The van der Waals surface area contributed by atoms with Gasteiger partial charge in [-0.1, -0.05) is 23.2 Å². The highest BCUT2D eigenvalue weighted by Gasteiger charge is 2.19. The minimum absolute atomic E-state index is 0.192. The average molecular weight is 360 g/mol. The van der Waals surface area contributed by atoms with Crippen LogP contribution < -0.4 is 9.46 Å². The van der Waals surface area contributed by atoms with Crippen molar-refractivity contribution < 1.29 is 13.2 Å². The van der Waals surface area contributed by atoms with Gasteiger partial charge in [0.15, 0.2) is 0 Å². The summed E-state index contributed by atoms with van der Waals surface area (Å²) < 4.78 is 32.8. The van der Waals surface area contributed by atoms with Crippen LogP contribution in [0.15, 0.2) is 35.2 Å². The Balaban J connectivity index is 2.42. The molecule has 0 atom stereocenters. The van der Waals surface area contributed by atoms with E-state index in [9.17, 15) is 8.42 Å². The predicted octanol–water partition coefficient (Wildman–Crippen LogP) is 4.42. The summed E-state index contributed by atoms with van der Waals surface area (Å²) >= 11 is 11.7. The molecule has 0 amide bonds. The Morgan fingerprint density at radius 3 is 2.27 bits per heavy atom. The average Bonchev–Trinajstić information content (AvgIpc) is 2.44. The quantitative estimate of drug-likeness (QED) is 0.878. The van der Waals surface area contributed by atoms with Gasteiger partial charge in [-0.3, -0.25) is 4.72 Å². The van der Waals surface area contributed by atoms with E-state index < -0.39 is 10.0 Å². The maximum absolute atomic E-state index is 12.5. The van der Waals surface area contributed by atoms with Gasteiger partial charge in [0.05, 0.1) is 27.7 Å². The Morgan fingerprint density at radius 1 is 1.00 bits per heavy atom. The number of halogens is 2. The van der Waals surface area contributed by atoms with Crippen molar-refractivity contribution in [2.45, 2.75) is 18.7 Å². The fourth-order valence-corrected chi connectivity index (χ4v) is 3.70. The molecule has 118 valence electrons. The van der Waals surface area contributed by atoms with Crippen molar-refractivity contribution in [3.05, 3.63) is 51.5 Å². The zero-order valence-electron chi connectivity index (χ0n) is 12.3. The lowest BCUT2D eigenvalue weighted by Gasteiger charge is -2.13. The van der Waals surface area contributed by atoms with Crippen LogP contribution in [0.3, 0.4) is 0 Å². The third kappa shape index (κ3) is 3.48. The van der Waals surface area contributed by atoms with Crippen LogP contribution in [0.2, 0.25) is 10.0 Å². The van der Waals surface area contributed by atoms with Crippen LogP contribution in [-0.2, 0) is 10.0 Å². The summed E-state index contributed by atoms with van der Waals surface area (Å²) in [4.78, 5) is 0.192. The molecule has 2 aromatic rings. The minimum Gasteiger partial charge on any atom is -0.496 e. The van der Waals surface area contributed by atoms with Gasteiger partial charge in [-0.15, -0.1) is 0 Å². The molecular formula is C15H15Cl2NO3S. The first kappa shape index (κ1) is 16.9. The first-order valence-electron chi connectivity index (χ1n) is 6.37. The van der Waals surface area contributed by atoms with Crippen molar-refractivity contribution in [1.29, 1.82) is 0 Å². The molecule has 0 bridgehead atoms. The van der Waals surface area contributed by atoms with Crippen LogP contribution >= 0.6 is 23.2 Å². The lowest BCUT2D eigenvalue weighted by atomic mass is 10.1. The summed E-state index contributed by atoms with van der Waals surface area (Å²) in [6, 6.07) is 7.82. The summed E-state index contributed by atoms with van der Waals surface area (Å²) in [6.45, 7) is 3.50. The monoisotopic (exact) mass is 359 g/mol. The van der Waals surface area contributed by atoms with Crippen LogP contribution in [0.25, 0.3) is 0 Å². The molecule has 0 unspecified atom stereocenters. The molecule has 0 radical (unpaired) electrons. The number of hydrogen-bond donors (Lipinski definition) is 1. The molecular weight excluding hydrogens is 345 g/mol.